The molecular weight excluding hydrogens is 338 g/mol. The molecule has 1 amide bonds. The third-order valence-corrected chi connectivity index (χ3v) is 5.50. The van der Waals surface area contributed by atoms with Crippen LogP contribution in [0.4, 0.5) is 0 Å². The molecule has 0 aromatic heterocycles. The van der Waals surface area contributed by atoms with Crippen LogP contribution in [0.15, 0.2) is 48.5 Å². The second-order valence-corrected chi connectivity index (χ2v) is 7.63. The first kappa shape index (κ1) is 19.4. The highest BCUT2D eigenvalue weighted by Gasteiger charge is 2.34. The monoisotopic (exact) mass is 367 g/mol. The zero-order valence-electron chi connectivity index (χ0n) is 16.3. The molecule has 27 heavy (non-hydrogen) atoms. The van der Waals surface area contributed by atoms with Gasteiger partial charge in [-0.2, -0.15) is 0 Å². The van der Waals surface area contributed by atoms with Gasteiger partial charge >= 0.3 is 0 Å². The highest BCUT2D eigenvalue weighted by molar-refractivity contribution is 5.76. The van der Waals surface area contributed by atoms with E-state index in [9.17, 15) is 9.90 Å². The summed E-state index contributed by atoms with van der Waals surface area (Å²) in [6.07, 6.45) is 2.38. The van der Waals surface area contributed by atoms with Crippen molar-refractivity contribution >= 4 is 5.91 Å². The Hall–Kier alpha value is -2.33. The minimum atomic E-state index is -0.866. The minimum absolute atomic E-state index is 0.163. The molecule has 2 aromatic carbocycles. The average molecular weight is 367 g/mol. The summed E-state index contributed by atoms with van der Waals surface area (Å²) >= 11 is 0. The fraction of sp³-hybridized carbons (Fsp3) is 0.435. The molecule has 144 valence electrons. The summed E-state index contributed by atoms with van der Waals surface area (Å²) in [4.78, 5) is 14.3. The third kappa shape index (κ3) is 5.33. The molecule has 4 heteroatoms. The van der Waals surface area contributed by atoms with Crippen molar-refractivity contribution in [3.63, 3.8) is 0 Å². The Morgan fingerprint density at radius 2 is 1.78 bits per heavy atom. The van der Waals surface area contributed by atoms with Gasteiger partial charge in [0.15, 0.2) is 0 Å². The van der Waals surface area contributed by atoms with Crippen molar-refractivity contribution in [2.75, 3.05) is 19.7 Å². The molecule has 0 bridgehead atoms. The molecule has 1 fully saturated rings. The van der Waals surface area contributed by atoms with Crippen molar-refractivity contribution in [1.82, 2.24) is 4.90 Å². The van der Waals surface area contributed by atoms with Gasteiger partial charge in [0.05, 0.1) is 0 Å². The van der Waals surface area contributed by atoms with Crippen LogP contribution in [0.5, 0.6) is 5.75 Å². The summed E-state index contributed by atoms with van der Waals surface area (Å²) in [5.41, 5.74) is 2.72. The first-order chi connectivity index (χ1) is 13.0. The summed E-state index contributed by atoms with van der Waals surface area (Å²) < 4.78 is 5.83. The molecule has 0 saturated carbocycles. The number of hydrogen-bond acceptors (Lipinski definition) is 3. The highest BCUT2D eigenvalue weighted by Crippen LogP contribution is 2.25. The molecule has 0 aliphatic carbocycles. The molecule has 1 saturated heterocycles. The predicted molar refractivity (Wildman–Crippen MR) is 107 cm³/mol. The number of rotatable bonds is 6. The Balaban J connectivity index is 1.45. The number of hydrogen-bond donors (Lipinski definition) is 1. The van der Waals surface area contributed by atoms with Crippen LogP contribution in [0.1, 0.15) is 36.0 Å². The fourth-order valence-electron chi connectivity index (χ4n) is 3.39. The van der Waals surface area contributed by atoms with Crippen LogP contribution < -0.4 is 4.74 Å². The van der Waals surface area contributed by atoms with E-state index in [2.05, 4.69) is 13.8 Å². The molecule has 1 aliphatic heterocycles. The second-order valence-electron chi connectivity index (χ2n) is 7.63. The van der Waals surface area contributed by atoms with E-state index in [1.807, 2.05) is 53.4 Å². The van der Waals surface area contributed by atoms with Gasteiger partial charge in [0.25, 0.3) is 0 Å². The SMILES string of the molecule is Cc1ccc(OCC2(O)CCN(C(=O)CCc3ccccc3)CC2)cc1C. The van der Waals surface area contributed by atoms with Gasteiger partial charge in [0.2, 0.25) is 5.91 Å². The Kier molecular flexibility index (Phi) is 6.17. The summed E-state index contributed by atoms with van der Waals surface area (Å²) in [7, 11) is 0. The number of aryl methyl sites for hydroxylation is 3. The second kappa shape index (κ2) is 8.57. The molecule has 0 atom stereocenters. The number of ether oxygens (including phenoxy) is 1. The topological polar surface area (TPSA) is 49.8 Å². The van der Waals surface area contributed by atoms with Crippen LogP contribution >= 0.6 is 0 Å². The summed E-state index contributed by atoms with van der Waals surface area (Å²) in [6.45, 7) is 5.55. The van der Waals surface area contributed by atoms with Gasteiger partial charge in [-0.1, -0.05) is 36.4 Å². The number of carbonyl (C=O) groups excluding carboxylic acids is 1. The minimum Gasteiger partial charge on any atom is -0.491 e. The third-order valence-electron chi connectivity index (χ3n) is 5.50. The van der Waals surface area contributed by atoms with Crippen molar-refractivity contribution in [1.29, 1.82) is 0 Å². The largest absolute Gasteiger partial charge is 0.491 e. The van der Waals surface area contributed by atoms with E-state index in [0.29, 0.717) is 32.4 Å². The standard InChI is InChI=1S/C23H29NO3/c1-18-8-10-21(16-19(18)2)27-17-23(26)12-14-24(15-13-23)22(25)11-9-20-6-4-3-5-7-20/h3-8,10,16,26H,9,11-15,17H2,1-2H3. The maximum Gasteiger partial charge on any atom is 0.222 e. The zero-order chi connectivity index (χ0) is 19.3. The van der Waals surface area contributed by atoms with E-state index in [1.54, 1.807) is 0 Å². The van der Waals surface area contributed by atoms with Crippen molar-refractivity contribution < 1.29 is 14.6 Å². The lowest BCUT2D eigenvalue weighted by Gasteiger charge is -2.38. The lowest BCUT2D eigenvalue weighted by Crippen LogP contribution is -2.49. The number of aliphatic hydroxyl groups is 1. The lowest BCUT2D eigenvalue weighted by atomic mass is 9.92. The van der Waals surface area contributed by atoms with Crippen molar-refractivity contribution in [2.24, 2.45) is 0 Å². The van der Waals surface area contributed by atoms with Crippen molar-refractivity contribution in [3.05, 3.63) is 65.2 Å². The van der Waals surface area contributed by atoms with E-state index in [1.165, 1.54) is 16.7 Å². The van der Waals surface area contributed by atoms with Crippen LogP contribution in [0, 0.1) is 13.8 Å². The number of benzene rings is 2. The van der Waals surface area contributed by atoms with Crippen molar-refractivity contribution in [2.45, 2.75) is 45.1 Å². The van der Waals surface area contributed by atoms with E-state index in [4.69, 9.17) is 4.74 Å². The first-order valence-corrected chi connectivity index (χ1v) is 9.69. The van der Waals surface area contributed by atoms with Crippen LogP contribution in [0.3, 0.4) is 0 Å². The molecular formula is C23H29NO3. The first-order valence-electron chi connectivity index (χ1n) is 9.69. The van der Waals surface area contributed by atoms with Crippen molar-refractivity contribution in [3.8, 4) is 5.75 Å². The highest BCUT2D eigenvalue weighted by atomic mass is 16.5. The molecule has 1 aliphatic rings. The van der Waals surface area contributed by atoms with Gasteiger partial charge in [0.1, 0.15) is 18.0 Å². The molecule has 0 radical (unpaired) electrons. The van der Waals surface area contributed by atoms with E-state index in [0.717, 1.165) is 12.2 Å². The van der Waals surface area contributed by atoms with Gasteiger partial charge in [0, 0.05) is 19.5 Å². The Bertz CT molecular complexity index is 764. The molecule has 0 spiro atoms. The molecule has 1 N–H and O–H groups in total. The maximum absolute atomic E-state index is 12.4. The lowest BCUT2D eigenvalue weighted by molar-refractivity contribution is -0.136. The quantitative estimate of drug-likeness (QED) is 0.847. The molecule has 1 heterocycles. The number of likely N-dealkylation sites (tertiary alicyclic amines) is 1. The number of piperidine rings is 1. The average Bonchev–Trinajstić information content (AvgIpc) is 2.68. The van der Waals surface area contributed by atoms with Crippen LogP contribution in [-0.2, 0) is 11.2 Å². The zero-order valence-corrected chi connectivity index (χ0v) is 16.3. The van der Waals surface area contributed by atoms with Gasteiger partial charge in [-0.25, -0.2) is 0 Å². The smallest absolute Gasteiger partial charge is 0.222 e. The summed E-state index contributed by atoms with van der Waals surface area (Å²) in [6, 6.07) is 16.0. The molecule has 0 unspecified atom stereocenters. The fourth-order valence-corrected chi connectivity index (χ4v) is 3.39. The van der Waals surface area contributed by atoms with Gasteiger partial charge in [-0.05, 0) is 61.9 Å². The van der Waals surface area contributed by atoms with Gasteiger partial charge in [-0.3, -0.25) is 4.79 Å². The van der Waals surface area contributed by atoms with Crippen LogP contribution in [0.25, 0.3) is 0 Å². The number of amides is 1. The van der Waals surface area contributed by atoms with E-state index < -0.39 is 5.60 Å². The Morgan fingerprint density at radius 1 is 1.07 bits per heavy atom. The molecule has 4 nitrogen and oxygen atoms in total. The van der Waals surface area contributed by atoms with E-state index in [-0.39, 0.29) is 12.5 Å². The molecule has 2 aromatic rings. The van der Waals surface area contributed by atoms with Gasteiger partial charge in [-0.15, -0.1) is 0 Å². The number of carbonyl (C=O) groups is 1. The van der Waals surface area contributed by atoms with E-state index >= 15 is 0 Å². The normalized spacial score (nSPS) is 16.2. The summed E-state index contributed by atoms with van der Waals surface area (Å²) in [5, 5.41) is 10.8. The summed E-state index contributed by atoms with van der Waals surface area (Å²) in [5.74, 6) is 0.948. The van der Waals surface area contributed by atoms with Crippen LogP contribution in [0.2, 0.25) is 0 Å². The molecule has 3 rings (SSSR count). The van der Waals surface area contributed by atoms with Crippen LogP contribution in [-0.4, -0.2) is 41.2 Å². The Morgan fingerprint density at radius 3 is 2.44 bits per heavy atom. The predicted octanol–water partition coefficient (Wildman–Crippen LogP) is 3.67. The maximum atomic E-state index is 12.4. The Labute approximate surface area is 161 Å². The van der Waals surface area contributed by atoms with Gasteiger partial charge < -0.3 is 14.7 Å². The number of nitrogens with zero attached hydrogens (tertiary/aromatic N) is 1.